The van der Waals surface area contributed by atoms with Crippen molar-refractivity contribution in [3.05, 3.63) is 35.9 Å². The van der Waals surface area contributed by atoms with Crippen molar-refractivity contribution in [3.8, 4) is 0 Å². The highest BCUT2D eigenvalue weighted by Gasteiger charge is 2.24. The van der Waals surface area contributed by atoms with Crippen molar-refractivity contribution in [1.29, 1.82) is 0 Å². The predicted molar refractivity (Wildman–Crippen MR) is 70.5 cm³/mol. The Labute approximate surface area is 108 Å². The van der Waals surface area contributed by atoms with Gasteiger partial charge in [-0.05, 0) is 46.8 Å². The molecule has 0 aliphatic heterocycles. The molecule has 0 unspecified atom stereocenters. The molecule has 0 aromatic heterocycles. The lowest BCUT2D eigenvalue weighted by atomic mass is 10.1. The van der Waals surface area contributed by atoms with Crippen LogP contribution in [0.1, 0.15) is 45.0 Å². The summed E-state index contributed by atoms with van der Waals surface area (Å²) in [5.41, 5.74) is -0.729. The first-order valence-corrected chi connectivity index (χ1v) is 5.92. The Hall–Kier alpha value is -1.71. The maximum absolute atomic E-state index is 11.9. The molecule has 0 saturated carbocycles. The number of hydrogen-bond donors (Lipinski definition) is 0. The third-order valence-electron chi connectivity index (χ3n) is 1.94. The van der Waals surface area contributed by atoms with E-state index in [-0.39, 0.29) is 5.54 Å². The minimum atomic E-state index is -0.958. The molecule has 0 heterocycles. The molecule has 0 fully saturated rings. The Kier molecular flexibility index (Phi) is 4.22. The van der Waals surface area contributed by atoms with Gasteiger partial charge in [0, 0.05) is 0 Å². The van der Waals surface area contributed by atoms with Crippen LogP contribution in [-0.2, 0) is 4.74 Å². The van der Waals surface area contributed by atoms with Gasteiger partial charge in [-0.25, -0.2) is 4.79 Å². The molecule has 4 heteroatoms. The highest BCUT2D eigenvalue weighted by molar-refractivity contribution is 5.89. The molecule has 18 heavy (non-hydrogen) atoms. The summed E-state index contributed by atoms with van der Waals surface area (Å²) in [7, 11) is 0. The molecule has 4 nitrogen and oxygen atoms in total. The fourth-order valence-corrected chi connectivity index (χ4v) is 1.15. The number of carbonyl (C=O) groups is 1. The molecule has 0 bridgehead atoms. The maximum atomic E-state index is 11.9. The van der Waals surface area contributed by atoms with E-state index in [2.05, 4.69) is 10.2 Å². The van der Waals surface area contributed by atoms with Crippen molar-refractivity contribution in [3.63, 3.8) is 0 Å². The van der Waals surface area contributed by atoms with Gasteiger partial charge in [0.15, 0.2) is 0 Å². The van der Waals surface area contributed by atoms with Crippen LogP contribution in [0, 0.1) is 0 Å². The van der Waals surface area contributed by atoms with Crippen molar-refractivity contribution in [2.24, 2.45) is 10.2 Å². The Morgan fingerprint density at radius 1 is 1.00 bits per heavy atom. The molecule has 0 aliphatic carbocycles. The zero-order valence-corrected chi connectivity index (χ0v) is 11.6. The fourth-order valence-electron chi connectivity index (χ4n) is 1.15. The van der Waals surface area contributed by atoms with Crippen LogP contribution in [-0.4, -0.2) is 17.2 Å². The second-order valence-electron chi connectivity index (χ2n) is 5.57. The van der Waals surface area contributed by atoms with Crippen molar-refractivity contribution in [1.82, 2.24) is 0 Å². The lowest BCUT2D eigenvalue weighted by Crippen LogP contribution is -2.26. The van der Waals surface area contributed by atoms with Gasteiger partial charge in [-0.1, -0.05) is 18.2 Å². The largest absolute Gasteiger partial charge is 0.432 e. The van der Waals surface area contributed by atoms with Crippen LogP contribution in [0.15, 0.2) is 40.6 Å². The average molecular weight is 248 g/mol. The molecule has 0 radical (unpaired) electrons. The summed E-state index contributed by atoms with van der Waals surface area (Å²) in [5.74, 6) is -0.395. The summed E-state index contributed by atoms with van der Waals surface area (Å²) in [6.45, 7) is 9.23. The second-order valence-corrected chi connectivity index (χ2v) is 5.57. The van der Waals surface area contributed by atoms with Gasteiger partial charge in [0.2, 0.25) is 5.72 Å². The zero-order valence-electron chi connectivity index (χ0n) is 11.6. The summed E-state index contributed by atoms with van der Waals surface area (Å²) in [6.07, 6.45) is 0. The summed E-state index contributed by atoms with van der Waals surface area (Å²) >= 11 is 0. The molecule has 0 spiro atoms. The smallest absolute Gasteiger partial charge is 0.340 e. The number of rotatable bonds is 3. The quantitative estimate of drug-likeness (QED) is 0.603. The number of benzene rings is 1. The van der Waals surface area contributed by atoms with E-state index in [4.69, 9.17) is 4.74 Å². The van der Waals surface area contributed by atoms with E-state index in [1.807, 2.05) is 26.8 Å². The Morgan fingerprint density at radius 2 is 1.56 bits per heavy atom. The van der Waals surface area contributed by atoms with Gasteiger partial charge in [0.05, 0.1) is 11.1 Å². The molecule has 98 valence electrons. The number of azo groups is 1. The predicted octanol–water partition coefficient (Wildman–Crippen LogP) is 3.83. The topological polar surface area (TPSA) is 51.0 Å². The second kappa shape index (κ2) is 5.29. The first-order valence-electron chi connectivity index (χ1n) is 5.92. The lowest BCUT2D eigenvalue weighted by molar-refractivity contribution is -0.00120. The van der Waals surface area contributed by atoms with Crippen LogP contribution < -0.4 is 0 Å². The minimum Gasteiger partial charge on any atom is -0.432 e. The molecular weight excluding hydrogens is 228 g/mol. The van der Waals surface area contributed by atoms with Crippen LogP contribution in [0.5, 0.6) is 0 Å². The molecule has 1 aromatic carbocycles. The highest BCUT2D eigenvalue weighted by Crippen LogP contribution is 2.18. The first-order chi connectivity index (χ1) is 8.20. The van der Waals surface area contributed by atoms with E-state index < -0.39 is 11.7 Å². The third-order valence-corrected chi connectivity index (χ3v) is 1.94. The van der Waals surface area contributed by atoms with E-state index in [0.29, 0.717) is 5.56 Å². The van der Waals surface area contributed by atoms with Crippen LogP contribution in [0.2, 0.25) is 0 Å². The standard InChI is InChI=1S/C14H20N2O2/c1-13(2,3)15-16-14(4,5)18-12(17)11-9-7-6-8-10-11/h6-10H,1-5H3. The van der Waals surface area contributed by atoms with Crippen molar-refractivity contribution < 1.29 is 9.53 Å². The number of carbonyl (C=O) groups excluding carboxylic acids is 1. The van der Waals surface area contributed by atoms with Crippen LogP contribution in [0.4, 0.5) is 0 Å². The minimum absolute atomic E-state index is 0.281. The molecule has 0 atom stereocenters. The summed E-state index contributed by atoms with van der Waals surface area (Å²) in [4.78, 5) is 11.9. The van der Waals surface area contributed by atoms with Gasteiger partial charge in [-0.2, -0.15) is 5.11 Å². The Balaban J connectivity index is 2.72. The van der Waals surface area contributed by atoms with E-state index in [0.717, 1.165) is 0 Å². The fraction of sp³-hybridized carbons (Fsp3) is 0.500. The van der Waals surface area contributed by atoms with Crippen molar-refractivity contribution in [2.75, 3.05) is 0 Å². The first kappa shape index (κ1) is 14.4. The average Bonchev–Trinajstić information content (AvgIpc) is 2.26. The third kappa shape index (κ3) is 5.08. The highest BCUT2D eigenvalue weighted by atomic mass is 16.6. The van der Waals surface area contributed by atoms with E-state index in [1.54, 1.807) is 38.1 Å². The maximum Gasteiger partial charge on any atom is 0.340 e. The van der Waals surface area contributed by atoms with Gasteiger partial charge < -0.3 is 4.74 Å². The van der Waals surface area contributed by atoms with Crippen LogP contribution in [0.3, 0.4) is 0 Å². The van der Waals surface area contributed by atoms with Crippen molar-refractivity contribution in [2.45, 2.75) is 45.9 Å². The Morgan fingerprint density at radius 3 is 2.06 bits per heavy atom. The van der Waals surface area contributed by atoms with Crippen molar-refractivity contribution >= 4 is 5.97 Å². The van der Waals surface area contributed by atoms with Crippen LogP contribution >= 0.6 is 0 Å². The van der Waals surface area contributed by atoms with E-state index in [1.165, 1.54) is 0 Å². The zero-order chi connectivity index (χ0) is 13.8. The molecule has 0 N–H and O–H groups in total. The van der Waals surface area contributed by atoms with Gasteiger partial charge in [0.25, 0.3) is 0 Å². The van der Waals surface area contributed by atoms with Crippen LogP contribution in [0.25, 0.3) is 0 Å². The molecular formula is C14H20N2O2. The van der Waals surface area contributed by atoms with E-state index >= 15 is 0 Å². The summed E-state index contributed by atoms with van der Waals surface area (Å²) < 4.78 is 5.32. The van der Waals surface area contributed by atoms with Gasteiger partial charge >= 0.3 is 5.97 Å². The molecule has 1 aromatic rings. The Bertz CT molecular complexity index is 431. The number of nitrogens with zero attached hydrogens (tertiary/aromatic N) is 2. The lowest BCUT2D eigenvalue weighted by Gasteiger charge is -2.21. The number of esters is 1. The summed E-state index contributed by atoms with van der Waals surface area (Å²) in [6, 6.07) is 8.85. The molecule has 1 rings (SSSR count). The summed E-state index contributed by atoms with van der Waals surface area (Å²) in [5, 5.41) is 8.20. The number of ether oxygens (including phenoxy) is 1. The van der Waals surface area contributed by atoms with Gasteiger partial charge in [-0.3, -0.25) is 0 Å². The molecule has 0 amide bonds. The molecule has 0 aliphatic rings. The number of hydrogen-bond acceptors (Lipinski definition) is 4. The van der Waals surface area contributed by atoms with E-state index in [9.17, 15) is 4.79 Å². The van der Waals surface area contributed by atoms with Gasteiger partial charge in [-0.15, -0.1) is 5.11 Å². The van der Waals surface area contributed by atoms with Gasteiger partial charge in [0.1, 0.15) is 0 Å². The normalized spacial score (nSPS) is 12.7. The monoisotopic (exact) mass is 248 g/mol. The molecule has 0 saturated heterocycles. The SMILES string of the molecule is CC(C)(C)N=NC(C)(C)OC(=O)c1ccccc1.